The van der Waals surface area contributed by atoms with Gasteiger partial charge in [0, 0.05) is 31.3 Å². The van der Waals surface area contributed by atoms with Crippen molar-refractivity contribution in [2.24, 2.45) is 5.73 Å². The molecule has 6 nitrogen and oxygen atoms in total. The van der Waals surface area contributed by atoms with Crippen LogP contribution < -0.4 is 5.73 Å². The third-order valence-corrected chi connectivity index (χ3v) is 4.74. The van der Waals surface area contributed by atoms with E-state index in [1.807, 2.05) is 18.7 Å². The summed E-state index contributed by atoms with van der Waals surface area (Å²) in [5, 5.41) is 9.34. The van der Waals surface area contributed by atoms with Gasteiger partial charge in [0.2, 0.25) is 5.91 Å². The maximum atomic E-state index is 11.9. The first-order valence-corrected chi connectivity index (χ1v) is 8.74. The van der Waals surface area contributed by atoms with Crippen LogP contribution >= 0.6 is 11.8 Å². The molecule has 1 aromatic rings. The first-order valence-electron chi connectivity index (χ1n) is 7.75. The van der Waals surface area contributed by atoms with Gasteiger partial charge in [-0.25, -0.2) is 0 Å². The van der Waals surface area contributed by atoms with E-state index in [1.165, 1.54) is 12.8 Å². The van der Waals surface area contributed by atoms with Crippen molar-refractivity contribution in [2.45, 2.75) is 57.3 Å². The number of nitrogens with zero attached hydrogens (tertiary/aromatic N) is 4. The summed E-state index contributed by atoms with van der Waals surface area (Å²) in [6.07, 6.45) is 3.86. The van der Waals surface area contributed by atoms with Gasteiger partial charge in [-0.15, -0.1) is 10.2 Å². The molecule has 0 unspecified atom stereocenters. The Hall–Kier alpha value is -1.08. The minimum atomic E-state index is 0.243. The fraction of sp³-hybridized carbons (Fsp3) is 0.786. The molecule has 0 radical (unpaired) electrons. The molecule has 1 amide bonds. The Balaban J connectivity index is 1.79. The van der Waals surface area contributed by atoms with Crippen LogP contribution in [0, 0.1) is 0 Å². The molecule has 2 N–H and O–H groups in total. The van der Waals surface area contributed by atoms with Crippen LogP contribution in [0.4, 0.5) is 0 Å². The van der Waals surface area contributed by atoms with E-state index in [9.17, 15) is 4.79 Å². The Morgan fingerprint density at radius 3 is 2.67 bits per heavy atom. The van der Waals surface area contributed by atoms with Crippen molar-refractivity contribution in [3.05, 3.63) is 5.82 Å². The van der Waals surface area contributed by atoms with Gasteiger partial charge in [-0.2, -0.15) is 0 Å². The summed E-state index contributed by atoms with van der Waals surface area (Å²) in [5.41, 5.74) is 5.71. The minimum Gasteiger partial charge on any atom is -0.343 e. The maximum absolute atomic E-state index is 11.9. The van der Waals surface area contributed by atoms with E-state index in [0.717, 1.165) is 36.2 Å². The summed E-state index contributed by atoms with van der Waals surface area (Å²) in [5.74, 6) is 2.01. The van der Waals surface area contributed by atoms with Gasteiger partial charge in [-0.3, -0.25) is 4.79 Å². The van der Waals surface area contributed by atoms with Crippen LogP contribution in [0.25, 0.3) is 0 Å². The summed E-state index contributed by atoms with van der Waals surface area (Å²) >= 11 is 1.68. The van der Waals surface area contributed by atoms with E-state index in [2.05, 4.69) is 14.8 Å². The number of aromatic nitrogens is 3. The summed E-state index contributed by atoms with van der Waals surface area (Å²) < 4.78 is 2.18. The zero-order valence-corrected chi connectivity index (χ0v) is 13.7. The normalized spacial score (nSPS) is 14.4. The molecule has 1 aliphatic rings. The molecule has 1 heterocycles. The number of hydrogen-bond acceptors (Lipinski definition) is 5. The quantitative estimate of drug-likeness (QED) is 0.556. The van der Waals surface area contributed by atoms with Crippen LogP contribution in [0.5, 0.6) is 0 Å². The molecule has 1 saturated carbocycles. The van der Waals surface area contributed by atoms with E-state index in [4.69, 9.17) is 5.73 Å². The molecule has 0 aliphatic heterocycles. The van der Waals surface area contributed by atoms with E-state index in [-0.39, 0.29) is 5.91 Å². The van der Waals surface area contributed by atoms with Gasteiger partial charge >= 0.3 is 0 Å². The lowest BCUT2D eigenvalue weighted by Crippen LogP contribution is -2.30. The van der Waals surface area contributed by atoms with Gasteiger partial charge in [-0.1, -0.05) is 11.8 Å². The zero-order chi connectivity index (χ0) is 15.2. The highest BCUT2D eigenvalue weighted by atomic mass is 32.2. The molecular formula is C14H25N5OS. The molecule has 2 rings (SSSR count). The number of carbonyl (C=O) groups excluding carboxylic acids is 1. The van der Waals surface area contributed by atoms with Gasteiger partial charge in [0.25, 0.3) is 0 Å². The average Bonchev–Trinajstić information content (AvgIpc) is 3.25. The number of carbonyl (C=O) groups is 1. The second-order valence-corrected chi connectivity index (χ2v) is 6.28. The van der Waals surface area contributed by atoms with Gasteiger partial charge in [0.15, 0.2) is 5.16 Å². The van der Waals surface area contributed by atoms with Gasteiger partial charge in [-0.05, 0) is 33.1 Å². The van der Waals surface area contributed by atoms with Crippen LogP contribution in [0.15, 0.2) is 5.16 Å². The summed E-state index contributed by atoms with van der Waals surface area (Å²) in [6.45, 7) is 6.05. The Kier molecular flexibility index (Phi) is 6.05. The highest BCUT2D eigenvalue weighted by molar-refractivity contribution is 7.99. The lowest BCUT2D eigenvalue weighted by atomic mass is 10.3. The van der Waals surface area contributed by atoms with E-state index >= 15 is 0 Å². The third-order valence-electron chi connectivity index (χ3n) is 3.71. The van der Waals surface area contributed by atoms with Crippen molar-refractivity contribution >= 4 is 17.7 Å². The summed E-state index contributed by atoms with van der Waals surface area (Å²) in [6, 6.07) is 0.540. The Morgan fingerprint density at radius 1 is 1.38 bits per heavy atom. The predicted molar refractivity (Wildman–Crippen MR) is 84.1 cm³/mol. The lowest BCUT2D eigenvalue weighted by molar-refractivity contribution is -0.130. The standard InChI is InChI=1S/C14H25N5OS/c1-3-18(4-2)13(20)6-5-9-21-14-17-16-12(10-15)19(14)11-7-8-11/h11H,3-10,15H2,1-2H3. The highest BCUT2D eigenvalue weighted by Crippen LogP contribution is 2.38. The monoisotopic (exact) mass is 311 g/mol. The topological polar surface area (TPSA) is 77.0 Å². The number of nitrogens with two attached hydrogens (primary N) is 1. The smallest absolute Gasteiger partial charge is 0.222 e. The van der Waals surface area contributed by atoms with Crippen LogP contribution in [0.2, 0.25) is 0 Å². The number of rotatable bonds is 9. The average molecular weight is 311 g/mol. The highest BCUT2D eigenvalue weighted by Gasteiger charge is 2.29. The van der Waals surface area contributed by atoms with Crippen LogP contribution in [0.3, 0.4) is 0 Å². The maximum Gasteiger partial charge on any atom is 0.222 e. The van der Waals surface area contributed by atoms with Crippen molar-refractivity contribution in [1.29, 1.82) is 0 Å². The summed E-state index contributed by atoms with van der Waals surface area (Å²) in [4.78, 5) is 13.8. The zero-order valence-electron chi connectivity index (χ0n) is 12.9. The molecule has 7 heteroatoms. The van der Waals surface area contributed by atoms with Crippen molar-refractivity contribution in [2.75, 3.05) is 18.8 Å². The molecule has 21 heavy (non-hydrogen) atoms. The molecule has 1 aromatic heterocycles. The van der Waals surface area contributed by atoms with Gasteiger partial charge in [0.05, 0.1) is 6.54 Å². The van der Waals surface area contributed by atoms with Crippen LogP contribution in [0.1, 0.15) is 51.4 Å². The largest absolute Gasteiger partial charge is 0.343 e. The SMILES string of the molecule is CCN(CC)C(=O)CCCSc1nnc(CN)n1C1CC1. The Labute approximate surface area is 130 Å². The number of thioether (sulfide) groups is 1. The van der Waals surface area contributed by atoms with Gasteiger partial charge < -0.3 is 15.2 Å². The van der Waals surface area contributed by atoms with Crippen LogP contribution in [-0.2, 0) is 11.3 Å². The van der Waals surface area contributed by atoms with Crippen molar-refractivity contribution in [3.63, 3.8) is 0 Å². The van der Waals surface area contributed by atoms with E-state index in [0.29, 0.717) is 19.0 Å². The molecule has 118 valence electrons. The molecule has 1 fully saturated rings. The van der Waals surface area contributed by atoms with Crippen molar-refractivity contribution < 1.29 is 4.79 Å². The predicted octanol–water partition coefficient (Wildman–Crippen LogP) is 1.81. The molecule has 0 spiro atoms. The molecule has 0 saturated heterocycles. The minimum absolute atomic E-state index is 0.243. The van der Waals surface area contributed by atoms with Crippen molar-refractivity contribution in [3.8, 4) is 0 Å². The number of amides is 1. The Bertz CT molecular complexity index is 468. The molecular weight excluding hydrogens is 286 g/mol. The fourth-order valence-electron chi connectivity index (χ4n) is 2.37. The fourth-order valence-corrected chi connectivity index (χ4v) is 3.33. The lowest BCUT2D eigenvalue weighted by Gasteiger charge is -2.18. The van der Waals surface area contributed by atoms with E-state index in [1.54, 1.807) is 11.8 Å². The first-order chi connectivity index (χ1) is 10.2. The molecule has 0 aromatic carbocycles. The molecule has 1 aliphatic carbocycles. The second-order valence-electron chi connectivity index (χ2n) is 5.22. The van der Waals surface area contributed by atoms with Crippen LogP contribution in [-0.4, -0.2) is 44.4 Å². The van der Waals surface area contributed by atoms with E-state index < -0.39 is 0 Å². The Morgan fingerprint density at radius 2 is 2.10 bits per heavy atom. The number of hydrogen-bond donors (Lipinski definition) is 1. The van der Waals surface area contributed by atoms with Gasteiger partial charge in [0.1, 0.15) is 5.82 Å². The molecule has 0 atom stereocenters. The third kappa shape index (κ3) is 4.20. The second kappa shape index (κ2) is 7.79. The first kappa shape index (κ1) is 16.3. The summed E-state index contributed by atoms with van der Waals surface area (Å²) in [7, 11) is 0. The molecule has 0 bridgehead atoms. The van der Waals surface area contributed by atoms with Crippen molar-refractivity contribution in [1.82, 2.24) is 19.7 Å².